The predicted molar refractivity (Wildman–Crippen MR) is 138 cm³/mol. The molecule has 1 aromatic carbocycles. The summed E-state index contributed by atoms with van der Waals surface area (Å²) >= 11 is 0. The molecule has 0 spiro atoms. The molecule has 38 heavy (non-hydrogen) atoms. The number of hydrogen-bond acceptors (Lipinski definition) is 4. The van der Waals surface area contributed by atoms with Crippen LogP contribution in [-0.4, -0.2) is 34.5 Å². The lowest BCUT2D eigenvalue weighted by Crippen LogP contribution is -2.47. The van der Waals surface area contributed by atoms with Crippen molar-refractivity contribution in [2.75, 3.05) is 18.0 Å². The predicted octanol–water partition coefficient (Wildman–Crippen LogP) is 4.98. The number of carbonyl (C=O) groups is 2. The Bertz CT molecular complexity index is 1530. The Kier molecular flexibility index (Phi) is 5.22. The summed E-state index contributed by atoms with van der Waals surface area (Å²) < 4.78 is 30.1. The van der Waals surface area contributed by atoms with E-state index in [2.05, 4.69) is 10.3 Å². The van der Waals surface area contributed by atoms with Crippen molar-refractivity contribution in [1.82, 2.24) is 14.9 Å². The van der Waals surface area contributed by atoms with E-state index in [0.29, 0.717) is 43.1 Å². The van der Waals surface area contributed by atoms with Crippen molar-refractivity contribution < 1.29 is 18.4 Å². The minimum atomic E-state index is -0.847. The Hall–Kier alpha value is -3.62. The Morgan fingerprint density at radius 2 is 1.74 bits per heavy atom. The molecular weight excluding hydrogens is 490 g/mol. The van der Waals surface area contributed by atoms with Gasteiger partial charge in [0.1, 0.15) is 17.5 Å². The number of nitrogens with one attached hydrogen (secondary N) is 1. The number of benzene rings is 1. The Morgan fingerprint density at radius 3 is 2.37 bits per heavy atom. The van der Waals surface area contributed by atoms with Crippen LogP contribution >= 0.6 is 0 Å². The fourth-order valence-corrected chi connectivity index (χ4v) is 8.03. The van der Waals surface area contributed by atoms with Gasteiger partial charge in [0.05, 0.1) is 16.6 Å². The minimum Gasteiger partial charge on any atom is -0.336 e. The molecule has 1 aliphatic heterocycles. The molecule has 4 aliphatic carbocycles. The van der Waals surface area contributed by atoms with Gasteiger partial charge in [0.15, 0.2) is 11.4 Å². The number of amides is 2. The Balaban J connectivity index is 1.35. The van der Waals surface area contributed by atoms with Crippen LogP contribution in [0, 0.1) is 34.8 Å². The largest absolute Gasteiger partial charge is 0.336 e. The number of pyridine rings is 2. The van der Waals surface area contributed by atoms with E-state index < -0.39 is 17.1 Å². The van der Waals surface area contributed by atoms with Gasteiger partial charge in [-0.05, 0) is 86.0 Å². The molecule has 2 amide bonds. The van der Waals surface area contributed by atoms with E-state index in [4.69, 9.17) is 0 Å². The number of nitrogens with zero attached hydrogens (tertiary/aromatic N) is 3. The van der Waals surface area contributed by atoms with E-state index in [1.165, 1.54) is 47.1 Å². The van der Waals surface area contributed by atoms with Crippen molar-refractivity contribution in [1.29, 1.82) is 0 Å². The maximum atomic E-state index is 15.0. The molecule has 0 unspecified atom stereocenters. The normalized spacial score (nSPS) is 27.8. The minimum absolute atomic E-state index is 0.00886. The quantitative estimate of drug-likeness (QED) is 0.483. The van der Waals surface area contributed by atoms with E-state index >= 15 is 4.39 Å². The highest BCUT2D eigenvalue weighted by atomic mass is 19.1. The monoisotopic (exact) mass is 518 g/mol. The lowest BCUT2D eigenvalue weighted by Gasteiger charge is -2.56. The maximum absolute atomic E-state index is 15.0. The molecule has 0 radical (unpaired) electrons. The van der Waals surface area contributed by atoms with Crippen molar-refractivity contribution >= 4 is 28.7 Å². The van der Waals surface area contributed by atoms with Crippen LogP contribution in [0.1, 0.15) is 55.3 Å². The molecule has 3 aromatic rings. The number of Topliss-reactive ketones (excluding diaryl/α,β-unsaturated/α-hetero) is 1. The van der Waals surface area contributed by atoms with Crippen molar-refractivity contribution in [3.05, 3.63) is 63.9 Å². The summed E-state index contributed by atoms with van der Waals surface area (Å²) in [6.07, 6.45) is 8.51. The number of anilines is 1. The zero-order valence-corrected chi connectivity index (χ0v) is 20.9. The fourth-order valence-electron chi connectivity index (χ4n) is 8.03. The highest BCUT2D eigenvalue weighted by molar-refractivity contribution is 6.00. The van der Waals surface area contributed by atoms with E-state index in [-0.39, 0.29) is 39.5 Å². The van der Waals surface area contributed by atoms with Gasteiger partial charge < -0.3 is 5.32 Å². The third-order valence-corrected chi connectivity index (χ3v) is 9.14. The van der Waals surface area contributed by atoms with Gasteiger partial charge in [-0.3, -0.25) is 19.1 Å². The van der Waals surface area contributed by atoms with E-state index in [9.17, 15) is 18.8 Å². The molecule has 2 aromatic heterocycles. The van der Waals surface area contributed by atoms with Gasteiger partial charge >= 0.3 is 6.03 Å². The highest BCUT2D eigenvalue weighted by Crippen LogP contribution is 2.61. The number of fused-ring (bicyclic) bond motifs is 1. The number of halogens is 2. The van der Waals surface area contributed by atoms with Crippen LogP contribution in [0.4, 0.5) is 19.4 Å². The molecule has 4 bridgehead atoms. The van der Waals surface area contributed by atoms with Crippen molar-refractivity contribution in [3.8, 4) is 5.69 Å². The summed E-state index contributed by atoms with van der Waals surface area (Å²) in [6, 6.07) is 5.92. The zero-order valence-electron chi connectivity index (χ0n) is 20.9. The van der Waals surface area contributed by atoms with E-state index in [1.807, 2.05) is 0 Å². The lowest BCUT2D eigenvalue weighted by molar-refractivity contribution is -0.0524. The topological polar surface area (TPSA) is 84.3 Å². The molecule has 3 heterocycles. The van der Waals surface area contributed by atoms with Gasteiger partial charge in [0.25, 0.3) is 0 Å². The Labute approximate surface area is 217 Å². The molecular formula is C29H28F2N4O3. The SMILES string of the molecule is O=C(CC12CC3CC(CC(C3)C1)C2)c1cn(-c2ccc(F)cc2F)c2nc(N3CCNC3=O)ccc2c1=O. The Morgan fingerprint density at radius 1 is 1.03 bits per heavy atom. The first kappa shape index (κ1) is 23.5. The first-order chi connectivity index (χ1) is 18.3. The van der Waals surface area contributed by atoms with Gasteiger partial charge in [-0.25, -0.2) is 18.6 Å². The average molecular weight is 519 g/mol. The summed E-state index contributed by atoms with van der Waals surface area (Å²) in [7, 11) is 0. The number of rotatable bonds is 5. The van der Waals surface area contributed by atoms with Gasteiger partial charge in [-0.15, -0.1) is 0 Å². The van der Waals surface area contributed by atoms with E-state index in [0.717, 1.165) is 31.4 Å². The third kappa shape index (κ3) is 3.74. The number of carbonyl (C=O) groups excluding carboxylic acids is 2. The second-order valence-corrected chi connectivity index (χ2v) is 11.8. The number of urea groups is 1. The molecule has 9 heteroatoms. The number of aromatic nitrogens is 2. The van der Waals surface area contributed by atoms with Crippen molar-refractivity contribution in [2.45, 2.75) is 44.9 Å². The van der Waals surface area contributed by atoms with Crippen molar-refractivity contribution in [2.24, 2.45) is 23.2 Å². The van der Waals surface area contributed by atoms with Crippen LogP contribution in [0.15, 0.2) is 41.3 Å². The summed E-state index contributed by atoms with van der Waals surface area (Å²) in [5.74, 6) is 0.481. The molecule has 196 valence electrons. The summed E-state index contributed by atoms with van der Waals surface area (Å²) in [5.41, 5.74) is -0.464. The highest BCUT2D eigenvalue weighted by Gasteiger charge is 2.51. The fraction of sp³-hybridized carbons (Fsp3) is 0.448. The average Bonchev–Trinajstić information content (AvgIpc) is 3.29. The van der Waals surface area contributed by atoms with Gasteiger partial charge in [0, 0.05) is 31.8 Å². The summed E-state index contributed by atoms with van der Waals surface area (Å²) in [4.78, 5) is 45.6. The molecule has 5 aliphatic rings. The first-order valence-electron chi connectivity index (χ1n) is 13.4. The second-order valence-electron chi connectivity index (χ2n) is 11.8. The number of ketones is 1. The van der Waals surface area contributed by atoms with Gasteiger partial charge in [-0.2, -0.15) is 0 Å². The molecule has 8 rings (SSSR count). The lowest BCUT2D eigenvalue weighted by atomic mass is 9.48. The summed E-state index contributed by atoms with van der Waals surface area (Å²) in [5, 5.41) is 2.85. The van der Waals surface area contributed by atoms with Crippen LogP contribution in [0.5, 0.6) is 0 Å². The molecule has 0 atom stereocenters. The molecule has 5 fully saturated rings. The van der Waals surface area contributed by atoms with Crippen LogP contribution in [0.2, 0.25) is 0 Å². The maximum Gasteiger partial charge on any atom is 0.323 e. The number of hydrogen-bond donors (Lipinski definition) is 1. The third-order valence-electron chi connectivity index (χ3n) is 9.14. The van der Waals surface area contributed by atoms with Crippen LogP contribution < -0.4 is 15.6 Å². The summed E-state index contributed by atoms with van der Waals surface area (Å²) in [6.45, 7) is 0.851. The van der Waals surface area contributed by atoms with Gasteiger partial charge in [0.2, 0.25) is 5.43 Å². The molecule has 1 N–H and O–H groups in total. The standard InChI is InChI=1S/C29H28F2N4O3/c30-19-1-3-23(22(31)10-19)35-15-21(24(36)14-29-11-16-7-17(12-29)9-18(8-16)13-29)26(37)20-2-4-25(33-27(20)35)34-6-5-32-28(34)38/h1-4,10,15-18H,5-9,11-14H2,(H,32,38). The van der Waals surface area contributed by atoms with E-state index in [1.54, 1.807) is 6.07 Å². The van der Waals surface area contributed by atoms with Crippen LogP contribution in [-0.2, 0) is 0 Å². The zero-order chi connectivity index (χ0) is 26.2. The first-order valence-corrected chi connectivity index (χ1v) is 13.4. The van der Waals surface area contributed by atoms with Crippen LogP contribution in [0.3, 0.4) is 0 Å². The molecule has 1 saturated heterocycles. The second kappa shape index (κ2) is 8.44. The smallest absolute Gasteiger partial charge is 0.323 e. The van der Waals surface area contributed by atoms with Crippen molar-refractivity contribution in [3.63, 3.8) is 0 Å². The van der Waals surface area contributed by atoms with Gasteiger partial charge in [-0.1, -0.05) is 0 Å². The van der Waals surface area contributed by atoms with Crippen LogP contribution in [0.25, 0.3) is 16.7 Å². The molecule has 7 nitrogen and oxygen atoms in total. The molecule has 4 saturated carbocycles.